The fraction of sp³-hybridized carbons (Fsp3) is 0.190. The van der Waals surface area contributed by atoms with Crippen molar-refractivity contribution in [2.24, 2.45) is 0 Å². The molecular weight excluding hydrogens is 422 g/mol. The average molecular weight is 442 g/mol. The van der Waals surface area contributed by atoms with E-state index in [1.165, 1.54) is 23.5 Å². The molecule has 1 N–H and O–H groups in total. The number of nitrogens with one attached hydrogen (secondary N) is 1. The summed E-state index contributed by atoms with van der Waals surface area (Å²) in [6.07, 6.45) is 1.12. The second-order valence-corrected chi connectivity index (χ2v) is 10.1. The lowest BCUT2D eigenvalue weighted by Gasteiger charge is -2.22. The molecule has 1 fully saturated rings. The minimum Gasteiger partial charge on any atom is -0.319 e. The van der Waals surface area contributed by atoms with Gasteiger partial charge >= 0.3 is 6.03 Å². The Morgan fingerprint density at radius 3 is 2.37 bits per heavy atom. The molecule has 1 aromatic heterocycles. The third-order valence-corrected chi connectivity index (χ3v) is 7.10. The normalized spacial score (nSPS) is 19.2. The minimum absolute atomic E-state index is 0.0605. The summed E-state index contributed by atoms with van der Waals surface area (Å²) in [5, 5.41) is 5.38. The van der Waals surface area contributed by atoms with Crippen LogP contribution in [0.2, 0.25) is 0 Å². The molecule has 9 heteroatoms. The lowest BCUT2D eigenvalue weighted by Crippen LogP contribution is -2.40. The lowest BCUT2D eigenvalue weighted by molar-refractivity contribution is -0.131. The highest BCUT2D eigenvalue weighted by molar-refractivity contribution is 7.90. The summed E-state index contributed by atoms with van der Waals surface area (Å²) in [4.78, 5) is 31.5. The number of rotatable bonds is 5. The summed E-state index contributed by atoms with van der Waals surface area (Å²) in [5.41, 5.74) is 0.838. The topological polar surface area (TPSA) is 96.4 Å². The SMILES string of the molecule is CC1(c2ccc(S(C)(=O)=O)cc2)NC(=O)N(Cc2csc(-c3ccccc3)n2)C1=O. The van der Waals surface area contributed by atoms with Crippen molar-refractivity contribution in [1.29, 1.82) is 0 Å². The second kappa shape index (κ2) is 7.33. The maximum Gasteiger partial charge on any atom is 0.325 e. The summed E-state index contributed by atoms with van der Waals surface area (Å²) in [7, 11) is -3.35. The van der Waals surface area contributed by atoms with E-state index in [9.17, 15) is 18.0 Å². The number of hydrogen-bond acceptors (Lipinski definition) is 6. The summed E-state index contributed by atoms with van der Waals surface area (Å²) in [6, 6.07) is 15.1. The van der Waals surface area contributed by atoms with Crippen LogP contribution in [-0.4, -0.2) is 36.5 Å². The van der Waals surface area contributed by atoms with Gasteiger partial charge in [-0.2, -0.15) is 0 Å². The van der Waals surface area contributed by atoms with Crippen LogP contribution in [0.4, 0.5) is 4.79 Å². The Kier molecular flexibility index (Phi) is 4.95. The number of carbonyl (C=O) groups excluding carboxylic acids is 2. The van der Waals surface area contributed by atoms with Crippen LogP contribution in [0.25, 0.3) is 10.6 Å². The molecule has 2 aromatic carbocycles. The van der Waals surface area contributed by atoms with E-state index in [1.807, 2.05) is 35.7 Å². The van der Waals surface area contributed by atoms with Crippen molar-refractivity contribution in [2.75, 3.05) is 6.26 Å². The predicted octanol–water partition coefficient (Wildman–Crippen LogP) is 3.18. The Hall–Kier alpha value is -3.04. The summed E-state index contributed by atoms with van der Waals surface area (Å²) in [5.74, 6) is -0.408. The molecule has 7 nitrogen and oxygen atoms in total. The van der Waals surface area contributed by atoms with Gasteiger partial charge < -0.3 is 5.32 Å². The maximum absolute atomic E-state index is 13.1. The second-order valence-electron chi connectivity index (χ2n) is 7.25. The van der Waals surface area contributed by atoms with Crippen LogP contribution in [0.15, 0.2) is 64.9 Å². The van der Waals surface area contributed by atoms with E-state index < -0.39 is 27.3 Å². The van der Waals surface area contributed by atoms with Crippen LogP contribution in [0, 0.1) is 0 Å². The third-order valence-electron chi connectivity index (χ3n) is 5.03. The first-order valence-electron chi connectivity index (χ1n) is 9.13. The van der Waals surface area contributed by atoms with Crippen molar-refractivity contribution in [3.63, 3.8) is 0 Å². The zero-order valence-corrected chi connectivity index (χ0v) is 18.0. The van der Waals surface area contributed by atoms with Crippen molar-refractivity contribution in [1.82, 2.24) is 15.2 Å². The van der Waals surface area contributed by atoms with Gasteiger partial charge in [-0.05, 0) is 24.6 Å². The van der Waals surface area contributed by atoms with Crippen LogP contribution in [0.3, 0.4) is 0 Å². The highest BCUT2D eigenvalue weighted by atomic mass is 32.2. The van der Waals surface area contributed by atoms with Crippen molar-refractivity contribution in [2.45, 2.75) is 23.9 Å². The lowest BCUT2D eigenvalue weighted by atomic mass is 9.92. The first-order chi connectivity index (χ1) is 14.2. The highest BCUT2D eigenvalue weighted by Crippen LogP contribution is 2.31. The molecule has 0 spiro atoms. The number of thiazole rings is 1. The molecule has 1 aliphatic heterocycles. The van der Waals surface area contributed by atoms with Crippen LogP contribution in [0.5, 0.6) is 0 Å². The number of benzene rings is 2. The molecule has 1 saturated heterocycles. The summed E-state index contributed by atoms with van der Waals surface area (Å²) in [6.45, 7) is 1.67. The van der Waals surface area contributed by atoms with Crippen LogP contribution < -0.4 is 5.32 Å². The molecule has 0 saturated carbocycles. The molecule has 0 bridgehead atoms. The smallest absolute Gasteiger partial charge is 0.319 e. The number of sulfone groups is 1. The van der Waals surface area contributed by atoms with Gasteiger partial charge in [0.2, 0.25) is 0 Å². The zero-order chi connectivity index (χ0) is 21.5. The fourth-order valence-corrected chi connectivity index (χ4v) is 4.77. The third kappa shape index (κ3) is 3.61. The van der Waals surface area contributed by atoms with Gasteiger partial charge in [-0.25, -0.2) is 18.2 Å². The quantitative estimate of drug-likeness (QED) is 0.614. The van der Waals surface area contributed by atoms with Gasteiger partial charge in [0, 0.05) is 17.2 Å². The number of nitrogens with zero attached hydrogens (tertiary/aromatic N) is 2. The minimum atomic E-state index is -3.35. The molecule has 154 valence electrons. The summed E-state index contributed by atoms with van der Waals surface area (Å²) >= 11 is 1.45. The van der Waals surface area contributed by atoms with E-state index >= 15 is 0 Å². The Morgan fingerprint density at radius 1 is 1.07 bits per heavy atom. The number of carbonyl (C=O) groups is 2. The molecule has 0 aliphatic carbocycles. The Balaban J connectivity index is 1.56. The van der Waals surface area contributed by atoms with Crippen LogP contribution in [0.1, 0.15) is 18.2 Å². The Labute approximate surface area is 178 Å². The molecule has 1 aliphatic rings. The standard InChI is InChI=1S/C21H19N3O4S2/c1-21(15-8-10-17(11-9-15)30(2,27)28)19(25)24(20(26)23-21)12-16-13-29-18(22-16)14-6-4-3-5-7-14/h3-11,13H,12H2,1-2H3,(H,23,26). The molecule has 2 heterocycles. The monoisotopic (exact) mass is 441 g/mol. The molecule has 4 rings (SSSR count). The largest absolute Gasteiger partial charge is 0.325 e. The van der Waals surface area contributed by atoms with Gasteiger partial charge in [-0.1, -0.05) is 42.5 Å². The van der Waals surface area contributed by atoms with Crippen molar-refractivity contribution in [3.8, 4) is 10.6 Å². The van der Waals surface area contributed by atoms with Gasteiger partial charge in [0.25, 0.3) is 5.91 Å². The number of urea groups is 1. The van der Waals surface area contributed by atoms with Gasteiger partial charge in [0.05, 0.1) is 17.1 Å². The van der Waals surface area contributed by atoms with Crippen molar-refractivity contribution >= 4 is 33.1 Å². The molecule has 3 amide bonds. The van der Waals surface area contributed by atoms with Crippen molar-refractivity contribution < 1.29 is 18.0 Å². The number of hydrogen-bond donors (Lipinski definition) is 1. The molecule has 1 unspecified atom stereocenters. The predicted molar refractivity (Wildman–Crippen MR) is 114 cm³/mol. The fourth-order valence-electron chi connectivity index (χ4n) is 3.33. The number of imide groups is 1. The first-order valence-corrected chi connectivity index (χ1v) is 11.9. The van der Waals surface area contributed by atoms with E-state index in [0.717, 1.165) is 21.7 Å². The van der Waals surface area contributed by atoms with E-state index in [1.54, 1.807) is 19.1 Å². The number of amides is 3. The van der Waals surface area contributed by atoms with Gasteiger partial charge in [-0.15, -0.1) is 11.3 Å². The van der Waals surface area contributed by atoms with E-state index in [0.29, 0.717) is 11.3 Å². The maximum atomic E-state index is 13.1. The molecule has 1 atom stereocenters. The molecular formula is C21H19N3O4S2. The average Bonchev–Trinajstić information content (AvgIpc) is 3.27. The summed E-state index contributed by atoms with van der Waals surface area (Å²) < 4.78 is 23.3. The van der Waals surface area contributed by atoms with E-state index in [-0.39, 0.29) is 11.4 Å². The first kappa shape index (κ1) is 20.2. The van der Waals surface area contributed by atoms with E-state index in [2.05, 4.69) is 10.3 Å². The molecule has 3 aromatic rings. The van der Waals surface area contributed by atoms with Crippen molar-refractivity contribution in [3.05, 3.63) is 71.2 Å². The van der Waals surface area contributed by atoms with E-state index in [4.69, 9.17) is 0 Å². The van der Waals surface area contributed by atoms with Crippen LogP contribution >= 0.6 is 11.3 Å². The Morgan fingerprint density at radius 2 is 1.73 bits per heavy atom. The molecule has 0 radical (unpaired) electrons. The number of aromatic nitrogens is 1. The van der Waals surface area contributed by atoms with Crippen LogP contribution in [-0.2, 0) is 26.7 Å². The van der Waals surface area contributed by atoms with Gasteiger partial charge in [-0.3, -0.25) is 9.69 Å². The molecule has 30 heavy (non-hydrogen) atoms. The highest BCUT2D eigenvalue weighted by Gasteiger charge is 2.49. The Bertz CT molecular complexity index is 1220. The van der Waals surface area contributed by atoms with Gasteiger partial charge in [0.15, 0.2) is 9.84 Å². The zero-order valence-electron chi connectivity index (χ0n) is 16.3. The van der Waals surface area contributed by atoms with Gasteiger partial charge in [0.1, 0.15) is 10.5 Å².